The number of alkyl halides is 3. The standard InChI is InChI=1S/C30H35F3N2O8S/c1-18-15-24(40-5)22(20-12-14-35(26(18)20)28(37)42-29(2,3)4)17-34-13-8-7-9-23(34)19-10-11-21(27(36)41-6)25(16-19)43-44(38,39)30(31,32)33/h10-12,14-16,23H,7-9,13,17H2,1-6H3. The van der Waals surface area contributed by atoms with Crippen LogP contribution < -0.4 is 8.92 Å². The van der Waals surface area contributed by atoms with E-state index in [1.807, 2.05) is 19.1 Å². The van der Waals surface area contributed by atoms with Crippen molar-refractivity contribution in [3.05, 3.63) is 58.8 Å². The molecule has 1 aliphatic rings. The van der Waals surface area contributed by atoms with Crippen molar-refractivity contribution in [2.45, 2.75) is 70.7 Å². The van der Waals surface area contributed by atoms with Crippen molar-refractivity contribution in [3.63, 3.8) is 0 Å². The molecule has 1 saturated heterocycles. The Morgan fingerprint density at radius 2 is 1.73 bits per heavy atom. The first kappa shape index (κ1) is 33.1. The molecule has 0 spiro atoms. The van der Waals surface area contributed by atoms with Gasteiger partial charge in [-0.1, -0.05) is 12.5 Å². The van der Waals surface area contributed by atoms with E-state index in [2.05, 4.69) is 13.8 Å². The number of ether oxygens (including phenoxy) is 3. The maximum Gasteiger partial charge on any atom is 0.534 e. The number of fused-ring (bicyclic) bond motifs is 1. The van der Waals surface area contributed by atoms with E-state index in [1.54, 1.807) is 40.1 Å². The number of benzene rings is 2. The zero-order valence-corrected chi connectivity index (χ0v) is 26.1. The van der Waals surface area contributed by atoms with Gasteiger partial charge in [0.25, 0.3) is 0 Å². The molecule has 240 valence electrons. The van der Waals surface area contributed by atoms with Crippen LogP contribution in [0.3, 0.4) is 0 Å². The summed E-state index contributed by atoms with van der Waals surface area (Å²) in [5, 5.41) is 0.762. The number of aryl methyl sites for hydroxylation is 1. The number of nitrogens with zero attached hydrogens (tertiary/aromatic N) is 2. The van der Waals surface area contributed by atoms with Gasteiger partial charge in [0.15, 0.2) is 5.75 Å². The average Bonchev–Trinajstić information content (AvgIpc) is 3.39. The number of hydrogen-bond donors (Lipinski definition) is 0. The van der Waals surface area contributed by atoms with Gasteiger partial charge in [-0.05, 0) is 82.5 Å². The normalized spacial score (nSPS) is 16.5. The number of halogens is 3. The van der Waals surface area contributed by atoms with Crippen molar-refractivity contribution in [2.24, 2.45) is 0 Å². The fourth-order valence-electron chi connectivity index (χ4n) is 5.39. The van der Waals surface area contributed by atoms with E-state index in [-0.39, 0.29) is 6.04 Å². The minimum absolute atomic E-state index is 0.332. The summed E-state index contributed by atoms with van der Waals surface area (Å²) < 4.78 is 85.1. The zero-order valence-electron chi connectivity index (χ0n) is 25.3. The third-order valence-electron chi connectivity index (χ3n) is 7.29. The number of methoxy groups -OCH3 is 2. The van der Waals surface area contributed by atoms with Crippen molar-refractivity contribution in [1.82, 2.24) is 9.47 Å². The molecule has 1 unspecified atom stereocenters. The van der Waals surface area contributed by atoms with Gasteiger partial charge < -0.3 is 18.4 Å². The molecule has 0 radical (unpaired) electrons. The first-order chi connectivity index (χ1) is 20.5. The first-order valence-electron chi connectivity index (χ1n) is 13.9. The van der Waals surface area contributed by atoms with Gasteiger partial charge in [-0.25, -0.2) is 9.59 Å². The van der Waals surface area contributed by atoms with E-state index >= 15 is 0 Å². The predicted molar refractivity (Wildman–Crippen MR) is 155 cm³/mol. The molecule has 0 bridgehead atoms. The molecule has 0 aliphatic carbocycles. The van der Waals surface area contributed by atoms with Gasteiger partial charge >= 0.3 is 27.7 Å². The summed E-state index contributed by atoms with van der Waals surface area (Å²) in [7, 11) is -3.49. The van der Waals surface area contributed by atoms with Crippen molar-refractivity contribution in [2.75, 3.05) is 20.8 Å². The van der Waals surface area contributed by atoms with Crippen LogP contribution in [0.2, 0.25) is 0 Å². The zero-order chi connectivity index (χ0) is 32.6. The Hall–Kier alpha value is -3.78. The number of hydrogen-bond acceptors (Lipinski definition) is 9. The molecule has 1 aromatic heterocycles. The van der Waals surface area contributed by atoms with Crippen molar-refractivity contribution in [3.8, 4) is 11.5 Å². The maximum absolute atomic E-state index is 13.2. The molecule has 1 atom stereocenters. The van der Waals surface area contributed by atoms with E-state index in [0.717, 1.165) is 42.5 Å². The summed E-state index contributed by atoms with van der Waals surface area (Å²) in [6.45, 7) is 8.13. The molecule has 44 heavy (non-hydrogen) atoms. The second-order valence-corrected chi connectivity index (χ2v) is 13.1. The molecule has 10 nitrogen and oxygen atoms in total. The van der Waals surface area contributed by atoms with Crippen LogP contribution in [0.25, 0.3) is 10.9 Å². The van der Waals surface area contributed by atoms with Gasteiger partial charge in [-0.2, -0.15) is 21.6 Å². The van der Waals surface area contributed by atoms with Gasteiger partial charge in [-0.15, -0.1) is 0 Å². The van der Waals surface area contributed by atoms with Crippen LogP contribution in [-0.2, 0) is 26.1 Å². The lowest BCUT2D eigenvalue weighted by molar-refractivity contribution is -0.0500. The van der Waals surface area contributed by atoms with Crippen molar-refractivity contribution < 1.29 is 49.6 Å². The molecule has 2 heterocycles. The lowest BCUT2D eigenvalue weighted by Crippen LogP contribution is -2.33. The van der Waals surface area contributed by atoms with Crippen molar-refractivity contribution >= 4 is 33.1 Å². The third kappa shape index (κ3) is 6.80. The highest BCUT2D eigenvalue weighted by Crippen LogP contribution is 2.40. The van der Waals surface area contributed by atoms with Gasteiger partial charge in [-0.3, -0.25) is 9.47 Å². The summed E-state index contributed by atoms with van der Waals surface area (Å²) in [5.41, 5.74) is -4.18. The average molecular weight is 641 g/mol. The molecule has 14 heteroatoms. The second kappa shape index (κ2) is 12.3. The lowest BCUT2D eigenvalue weighted by atomic mass is 9.93. The van der Waals surface area contributed by atoms with E-state index in [1.165, 1.54) is 10.6 Å². The molecule has 0 saturated carbocycles. The largest absolute Gasteiger partial charge is 0.534 e. The Labute approximate surface area is 253 Å². The molecular formula is C30H35F3N2O8S. The van der Waals surface area contributed by atoms with Crippen LogP contribution >= 0.6 is 0 Å². The summed E-state index contributed by atoms with van der Waals surface area (Å²) in [6.07, 6.45) is 3.33. The summed E-state index contributed by atoms with van der Waals surface area (Å²) in [5.74, 6) is -1.24. The van der Waals surface area contributed by atoms with Crippen LogP contribution in [0.15, 0.2) is 36.5 Å². The Morgan fingerprint density at radius 1 is 1.02 bits per heavy atom. The Morgan fingerprint density at radius 3 is 2.34 bits per heavy atom. The number of piperidine rings is 1. The van der Waals surface area contributed by atoms with Gasteiger partial charge in [0.05, 0.1) is 19.7 Å². The molecule has 0 amide bonds. The molecule has 2 aromatic carbocycles. The minimum Gasteiger partial charge on any atom is -0.496 e. The quantitative estimate of drug-likeness (QED) is 0.163. The highest BCUT2D eigenvalue weighted by Gasteiger charge is 2.49. The predicted octanol–water partition coefficient (Wildman–Crippen LogP) is 6.48. The molecular weight excluding hydrogens is 605 g/mol. The van der Waals surface area contributed by atoms with E-state index < -0.39 is 44.6 Å². The Kier molecular flexibility index (Phi) is 9.27. The second-order valence-electron chi connectivity index (χ2n) is 11.5. The number of carbonyl (C=O) groups is 2. The lowest BCUT2D eigenvalue weighted by Gasteiger charge is -2.36. The van der Waals surface area contributed by atoms with Gasteiger partial charge in [0.1, 0.15) is 16.9 Å². The summed E-state index contributed by atoms with van der Waals surface area (Å²) in [6, 6.07) is 7.14. The number of aromatic nitrogens is 1. The molecule has 4 rings (SSSR count). The van der Waals surface area contributed by atoms with Crippen LogP contribution in [0.1, 0.15) is 73.1 Å². The number of esters is 1. The molecule has 1 fully saturated rings. The van der Waals surface area contributed by atoms with Crippen LogP contribution in [0, 0.1) is 6.92 Å². The van der Waals surface area contributed by atoms with Gasteiger partial charge in [0, 0.05) is 29.7 Å². The summed E-state index contributed by atoms with van der Waals surface area (Å²) in [4.78, 5) is 27.4. The van der Waals surface area contributed by atoms with E-state index in [4.69, 9.17) is 9.47 Å². The van der Waals surface area contributed by atoms with E-state index in [0.29, 0.717) is 36.3 Å². The Balaban J connectivity index is 1.77. The smallest absolute Gasteiger partial charge is 0.496 e. The SMILES string of the molecule is COC(=O)c1ccc(C2CCCCN2Cc2c(OC)cc(C)c3c2ccn3C(=O)OC(C)(C)C)cc1OS(=O)(=O)C(F)(F)F. The van der Waals surface area contributed by atoms with Crippen molar-refractivity contribution in [1.29, 1.82) is 0 Å². The Bertz CT molecular complexity index is 1680. The number of rotatable bonds is 7. The van der Waals surface area contributed by atoms with Crippen LogP contribution in [0.5, 0.6) is 11.5 Å². The summed E-state index contributed by atoms with van der Waals surface area (Å²) >= 11 is 0. The van der Waals surface area contributed by atoms with E-state index in [9.17, 15) is 31.2 Å². The molecule has 1 aliphatic heterocycles. The fraction of sp³-hybridized carbons (Fsp3) is 0.467. The maximum atomic E-state index is 13.2. The number of carbonyl (C=O) groups excluding carboxylic acids is 2. The van der Waals surface area contributed by atoms with Crippen LogP contribution in [0.4, 0.5) is 18.0 Å². The fourth-order valence-corrected chi connectivity index (χ4v) is 5.86. The van der Waals surface area contributed by atoms with Gasteiger partial charge in [0.2, 0.25) is 0 Å². The molecule has 0 N–H and O–H groups in total. The number of likely N-dealkylation sites (tertiary alicyclic amines) is 1. The third-order valence-corrected chi connectivity index (χ3v) is 8.26. The minimum atomic E-state index is -6.06. The topological polar surface area (TPSA) is 113 Å². The molecule has 3 aromatic rings. The monoisotopic (exact) mass is 640 g/mol. The highest BCUT2D eigenvalue weighted by molar-refractivity contribution is 7.88. The highest BCUT2D eigenvalue weighted by atomic mass is 32.2. The first-order valence-corrected chi connectivity index (χ1v) is 15.3. The van der Waals surface area contributed by atoms with Crippen LogP contribution in [-0.4, -0.2) is 61.8 Å².